The van der Waals surface area contributed by atoms with Gasteiger partial charge in [0.15, 0.2) is 0 Å². The topological polar surface area (TPSA) is 68.3 Å². The SMILES string of the molecule is COC(=O)c1ccccc1C(=O)NCc1cccnc1-c1ccsc1. The lowest BCUT2D eigenvalue weighted by atomic mass is 10.1. The van der Waals surface area contributed by atoms with E-state index in [0.29, 0.717) is 6.54 Å². The van der Waals surface area contributed by atoms with Gasteiger partial charge in [-0.15, -0.1) is 0 Å². The Balaban J connectivity index is 1.80. The molecule has 0 spiro atoms. The Kier molecular flexibility index (Phi) is 5.20. The molecule has 25 heavy (non-hydrogen) atoms. The van der Waals surface area contributed by atoms with Gasteiger partial charge in [0.25, 0.3) is 5.91 Å². The van der Waals surface area contributed by atoms with Crippen LogP contribution in [0.4, 0.5) is 0 Å². The number of nitrogens with zero attached hydrogens (tertiary/aromatic N) is 1. The van der Waals surface area contributed by atoms with E-state index in [2.05, 4.69) is 10.3 Å². The molecule has 0 saturated heterocycles. The van der Waals surface area contributed by atoms with Gasteiger partial charge >= 0.3 is 5.97 Å². The number of benzene rings is 1. The van der Waals surface area contributed by atoms with Gasteiger partial charge in [0.2, 0.25) is 0 Å². The number of aromatic nitrogens is 1. The van der Waals surface area contributed by atoms with Crippen molar-refractivity contribution in [3.05, 3.63) is 76.1 Å². The molecular formula is C19H16N2O3S. The highest BCUT2D eigenvalue weighted by Crippen LogP contribution is 2.23. The van der Waals surface area contributed by atoms with Crippen molar-refractivity contribution in [1.29, 1.82) is 0 Å². The zero-order valence-corrected chi connectivity index (χ0v) is 14.4. The smallest absolute Gasteiger partial charge is 0.338 e. The Morgan fingerprint density at radius 2 is 1.92 bits per heavy atom. The lowest BCUT2D eigenvalue weighted by molar-refractivity contribution is 0.0596. The standard InChI is InChI=1S/C19H16N2O3S/c1-24-19(23)16-7-3-2-6-15(16)18(22)21-11-13-5-4-9-20-17(13)14-8-10-25-12-14/h2-10,12H,11H2,1H3,(H,21,22). The van der Waals surface area contributed by atoms with Gasteiger partial charge in [-0.1, -0.05) is 18.2 Å². The number of esters is 1. The zero-order valence-electron chi connectivity index (χ0n) is 13.6. The normalized spacial score (nSPS) is 10.3. The maximum Gasteiger partial charge on any atom is 0.338 e. The fourth-order valence-electron chi connectivity index (χ4n) is 2.48. The van der Waals surface area contributed by atoms with E-state index in [1.54, 1.807) is 41.8 Å². The Hall–Kier alpha value is -2.99. The molecule has 2 aromatic heterocycles. The third-order valence-corrected chi connectivity index (χ3v) is 4.39. The summed E-state index contributed by atoms with van der Waals surface area (Å²) in [6, 6.07) is 12.3. The minimum Gasteiger partial charge on any atom is -0.465 e. The second kappa shape index (κ2) is 7.72. The number of hydrogen-bond acceptors (Lipinski definition) is 5. The molecule has 0 saturated carbocycles. The fraction of sp³-hybridized carbons (Fsp3) is 0.105. The van der Waals surface area contributed by atoms with Crippen LogP contribution in [0.3, 0.4) is 0 Å². The molecule has 0 aliphatic heterocycles. The van der Waals surface area contributed by atoms with E-state index in [1.165, 1.54) is 7.11 Å². The maximum absolute atomic E-state index is 12.5. The van der Waals surface area contributed by atoms with Crippen molar-refractivity contribution in [2.75, 3.05) is 7.11 Å². The van der Waals surface area contributed by atoms with Crippen LogP contribution in [-0.4, -0.2) is 24.0 Å². The molecule has 1 aromatic carbocycles. The van der Waals surface area contributed by atoms with E-state index < -0.39 is 5.97 Å². The number of rotatable bonds is 5. The zero-order chi connectivity index (χ0) is 17.6. The summed E-state index contributed by atoms with van der Waals surface area (Å²) >= 11 is 1.59. The summed E-state index contributed by atoms with van der Waals surface area (Å²) in [5.74, 6) is -0.868. The van der Waals surface area contributed by atoms with E-state index in [4.69, 9.17) is 4.74 Å². The molecule has 0 bridgehead atoms. The molecule has 0 aliphatic carbocycles. The minimum absolute atomic E-state index is 0.242. The summed E-state index contributed by atoms with van der Waals surface area (Å²) in [5, 5.41) is 6.85. The van der Waals surface area contributed by atoms with E-state index in [9.17, 15) is 9.59 Å². The Labute approximate surface area is 149 Å². The Morgan fingerprint density at radius 1 is 1.12 bits per heavy atom. The average molecular weight is 352 g/mol. The lowest BCUT2D eigenvalue weighted by Gasteiger charge is -2.11. The highest BCUT2D eigenvalue weighted by atomic mass is 32.1. The van der Waals surface area contributed by atoms with Gasteiger partial charge in [0, 0.05) is 23.7 Å². The van der Waals surface area contributed by atoms with E-state index in [0.717, 1.165) is 16.8 Å². The van der Waals surface area contributed by atoms with Crippen LogP contribution in [0.2, 0.25) is 0 Å². The van der Waals surface area contributed by atoms with Crippen molar-refractivity contribution >= 4 is 23.2 Å². The minimum atomic E-state index is -0.536. The van der Waals surface area contributed by atoms with Crippen molar-refractivity contribution in [2.24, 2.45) is 0 Å². The first-order valence-corrected chi connectivity index (χ1v) is 8.57. The molecule has 0 aliphatic rings. The monoisotopic (exact) mass is 352 g/mol. The summed E-state index contributed by atoms with van der Waals surface area (Å²) in [4.78, 5) is 28.7. The third-order valence-electron chi connectivity index (χ3n) is 3.70. The molecule has 0 fully saturated rings. The van der Waals surface area contributed by atoms with Gasteiger partial charge in [-0.2, -0.15) is 11.3 Å². The molecule has 126 valence electrons. The van der Waals surface area contributed by atoms with Crippen LogP contribution in [0, 0.1) is 0 Å². The van der Waals surface area contributed by atoms with Gasteiger partial charge in [-0.25, -0.2) is 4.79 Å². The van der Waals surface area contributed by atoms with Crippen LogP contribution in [0.25, 0.3) is 11.3 Å². The van der Waals surface area contributed by atoms with E-state index >= 15 is 0 Å². The molecule has 0 atom stereocenters. The molecule has 0 radical (unpaired) electrons. The summed E-state index contributed by atoms with van der Waals surface area (Å²) in [6.45, 7) is 0.313. The number of carbonyl (C=O) groups excluding carboxylic acids is 2. The summed E-state index contributed by atoms with van der Waals surface area (Å²) < 4.78 is 4.73. The second-order valence-corrected chi connectivity index (χ2v) is 6.02. The largest absolute Gasteiger partial charge is 0.465 e. The first-order valence-electron chi connectivity index (χ1n) is 7.62. The Morgan fingerprint density at radius 3 is 2.64 bits per heavy atom. The number of methoxy groups -OCH3 is 1. The van der Waals surface area contributed by atoms with Gasteiger partial charge in [0.05, 0.1) is 23.9 Å². The second-order valence-electron chi connectivity index (χ2n) is 5.24. The van der Waals surface area contributed by atoms with E-state index in [1.807, 2.05) is 29.0 Å². The predicted octanol–water partition coefficient (Wildman–Crippen LogP) is 3.53. The maximum atomic E-state index is 12.5. The van der Waals surface area contributed by atoms with Gasteiger partial charge in [-0.3, -0.25) is 9.78 Å². The van der Waals surface area contributed by atoms with Gasteiger partial charge < -0.3 is 10.1 Å². The predicted molar refractivity (Wildman–Crippen MR) is 96.5 cm³/mol. The van der Waals surface area contributed by atoms with Crippen LogP contribution in [-0.2, 0) is 11.3 Å². The number of carbonyl (C=O) groups is 2. The molecule has 0 unspecified atom stereocenters. The van der Waals surface area contributed by atoms with Gasteiger partial charge in [-0.05, 0) is 35.2 Å². The van der Waals surface area contributed by atoms with Crippen LogP contribution in [0.1, 0.15) is 26.3 Å². The van der Waals surface area contributed by atoms with Crippen LogP contribution in [0.5, 0.6) is 0 Å². The highest BCUT2D eigenvalue weighted by Gasteiger charge is 2.17. The molecule has 2 heterocycles. The molecule has 6 heteroatoms. The van der Waals surface area contributed by atoms with Crippen molar-refractivity contribution < 1.29 is 14.3 Å². The van der Waals surface area contributed by atoms with Crippen molar-refractivity contribution in [2.45, 2.75) is 6.54 Å². The molecule has 1 N–H and O–H groups in total. The summed E-state index contributed by atoms with van der Waals surface area (Å²) in [5.41, 5.74) is 3.29. The van der Waals surface area contributed by atoms with Crippen LogP contribution in [0.15, 0.2) is 59.4 Å². The number of amides is 1. The van der Waals surface area contributed by atoms with Crippen LogP contribution >= 0.6 is 11.3 Å². The molecular weight excluding hydrogens is 336 g/mol. The highest BCUT2D eigenvalue weighted by molar-refractivity contribution is 7.08. The molecule has 5 nitrogen and oxygen atoms in total. The lowest BCUT2D eigenvalue weighted by Crippen LogP contribution is -2.25. The number of pyridine rings is 1. The Bertz CT molecular complexity index is 891. The quantitative estimate of drug-likeness (QED) is 0.713. The molecule has 1 amide bonds. The molecule has 3 rings (SSSR count). The van der Waals surface area contributed by atoms with E-state index in [-0.39, 0.29) is 17.0 Å². The van der Waals surface area contributed by atoms with Crippen molar-refractivity contribution in [3.63, 3.8) is 0 Å². The molecule has 3 aromatic rings. The number of hydrogen-bond donors (Lipinski definition) is 1. The van der Waals surface area contributed by atoms with Crippen molar-refractivity contribution in [1.82, 2.24) is 10.3 Å². The summed E-state index contributed by atoms with van der Waals surface area (Å²) in [6.07, 6.45) is 1.73. The fourth-order valence-corrected chi connectivity index (χ4v) is 3.12. The first-order chi connectivity index (χ1) is 12.2. The van der Waals surface area contributed by atoms with Crippen LogP contribution < -0.4 is 5.32 Å². The number of ether oxygens (including phenoxy) is 1. The number of nitrogens with one attached hydrogen (secondary N) is 1. The van der Waals surface area contributed by atoms with Gasteiger partial charge in [0.1, 0.15) is 0 Å². The number of thiophene rings is 1. The first kappa shape index (κ1) is 16.9. The third kappa shape index (κ3) is 3.75. The average Bonchev–Trinajstić information content (AvgIpc) is 3.20. The van der Waals surface area contributed by atoms with Crippen molar-refractivity contribution in [3.8, 4) is 11.3 Å². The summed E-state index contributed by atoms with van der Waals surface area (Å²) in [7, 11) is 1.29.